The van der Waals surface area contributed by atoms with E-state index in [1.165, 1.54) is 51.7 Å². The van der Waals surface area contributed by atoms with E-state index in [1.807, 2.05) is 0 Å². The highest BCUT2D eigenvalue weighted by Crippen LogP contribution is 2.21. The van der Waals surface area contributed by atoms with Gasteiger partial charge in [-0.2, -0.15) is 0 Å². The first-order chi connectivity index (χ1) is 12.9. The Balaban J connectivity index is 2.22. The van der Waals surface area contributed by atoms with Gasteiger partial charge in [0.25, 0.3) is 0 Å². The van der Waals surface area contributed by atoms with Crippen molar-refractivity contribution in [3.63, 3.8) is 0 Å². The average molecular weight is 392 g/mol. The van der Waals surface area contributed by atoms with Gasteiger partial charge in [0.15, 0.2) is 16.7 Å². The molecule has 2 N–H and O–H groups in total. The normalized spacial score (nSPS) is 9.93. The number of hydrogen-bond acceptors (Lipinski definition) is 6. The topological polar surface area (TPSA) is 85.9 Å². The molecule has 0 saturated heterocycles. The molecule has 27 heavy (non-hydrogen) atoms. The third-order valence-corrected chi connectivity index (χ3v) is 3.65. The first-order valence-corrected chi connectivity index (χ1v) is 8.02. The number of carbonyl (C=O) groups excluding carboxylic acids is 2. The summed E-state index contributed by atoms with van der Waals surface area (Å²) >= 11 is 5.19. The summed E-state index contributed by atoms with van der Waals surface area (Å²) in [5.74, 6) is -1.70. The third kappa shape index (κ3) is 5.14. The van der Waals surface area contributed by atoms with Crippen molar-refractivity contribution in [3.05, 3.63) is 53.3 Å². The highest BCUT2D eigenvalue weighted by atomic mass is 32.1. The summed E-state index contributed by atoms with van der Waals surface area (Å²) in [6, 6.07) is 8.52. The maximum absolute atomic E-state index is 13.8. The van der Waals surface area contributed by atoms with Crippen LogP contribution < -0.4 is 15.4 Å². The van der Waals surface area contributed by atoms with Gasteiger partial charge in [0, 0.05) is 17.4 Å². The molecule has 142 valence electrons. The number of benzene rings is 2. The van der Waals surface area contributed by atoms with Crippen molar-refractivity contribution in [1.29, 1.82) is 0 Å². The Morgan fingerprint density at radius 2 is 1.44 bits per heavy atom. The van der Waals surface area contributed by atoms with Crippen LogP contribution in [0.4, 0.5) is 15.8 Å². The van der Waals surface area contributed by atoms with E-state index in [9.17, 15) is 14.0 Å². The zero-order valence-electron chi connectivity index (χ0n) is 14.8. The SMILES string of the molecule is COC(=O)c1cc(NC(=S)Nc2ccc(OC)c(F)c2)cc(C(=O)OC)c1. The number of esters is 2. The summed E-state index contributed by atoms with van der Waals surface area (Å²) in [6.45, 7) is 0. The number of thiocarbonyl (C=S) groups is 1. The highest BCUT2D eigenvalue weighted by Gasteiger charge is 2.14. The molecule has 0 aliphatic carbocycles. The van der Waals surface area contributed by atoms with E-state index in [2.05, 4.69) is 20.1 Å². The number of hydrogen-bond donors (Lipinski definition) is 2. The van der Waals surface area contributed by atoms with E-state index in [0.29, 0.717) is 11.4 Å². The van der Waals surface area contributed by atoms with Crippen molar-refractivity contribution in [2.45, 2.75) is 0 Å². The fourth-order valence-electron chi connectivity index (χ4n) is 2.21. The predicted molar refractivity (Wildman–Crippen MR) is 102 cm³/mol. The zero-order chi connectivity index (χ0) is 20.0. The summed E-state index contributed by atoms with van der Waals surface area (Å²) in [6.07, 6.45) is 0. The fourth-order valence-corrected chi connectivity index (χ4v) is 2.44. The van der Waals surface area contributed by atoms with Crippen molar-refractivity contribution in [2.24, 2.45) is 0 Å². The molecule has 0 aromatic heterocycles. The van der Waals surface area contributed by atoms with Crippen LogP contribution in [0.1, 0.15) is 20.7 Å². The predicted octanol–water partition coefficient (Wildman–Crippen LogP) is 3.22. The van der Waals surface area contributed by atoms with Gasteiger partial charge in [-0.05, 0) is 42.5 Å². The van der Waals surface area contributed by atoms with E-state index in [1.54, 1.807) is 6.07 Å². The highest BCUT2D eigenvalue weighted by molar-refractivity contribution is 7.80. The minimum absolute atomic E-state index is 0.105. The van der Waals surface area contributed by atoms with Gasteiger partial charge in [0.05, 0.1) is 32.5 Å². The van der Waals surface area contributed by atoms with E-state index in [0.717, 1.165) is 0 Å². The van der Waals surface area contributed by atoms with Crippen molar-refractivity contribution < 1.29 is 28.2 Å². The van der Waals surface area contributed by atoms with Gasteiger partial charge >= 0.3 is 11.9 Å². The molecule has 0 unspecified atom stereocenters. The van der Waals surface area contributed by atoms with Crippen molar-refractivity contribution in [3.8, 4) is 5.75 Å². The Bertz CT molecular complexity index is 854. The standard InChI is InChI=1S/C18H17FN2O5S/c1-24-15-5-4-12(9-14(15)19)20-18(27)21-13-7-10(16(22)25-2)6-11(8-13)17(23)26-3/h4-9H,1-3H3,(H2,20,21,27). The number of anilines is 2. The molecule has 0 aliphatic rings. The van der Waals surface area contributed by atoms with Crippen LogP contribution in [0.3, 0.4) is 0 Å². The molecule has 0 heterocycles. The Labute approximate surface area is 160 Å². The number of carbonyl (C=O) groups is 2. The van der Waals surface area contributed by atoms with Crippen molar-refractivity contribution in [1.82, 2.24) is 0 Å². The van der Waals surface area contributed by atoms with Crippen LogP contribution >= 0.6 is 12.2 Å². The fraction of sp³-hybridized carbons (Fsp3) is 0.167. The van der Waals surface area contributed by atoms with Crippen LogP contribution in [-0.2, 0) is 9.47 Å². The van der Waals surface area contributed by atoms with E-state index in [-0.39, 0.29) is 22.0 Å². The molecule has 9 heteroatoms. The van der Waals surface area contributed by atoms with Crippen molar-refractivity contribution in [2.75, 3.05) is 32.0 Å². The second-order valence-corrected chi connectivity index (χ2v) is 5.62. The van der Waals surface area contributed by atoms with E-state index in [4.69, 9.17) is 17.0 Å². The monoisotopic (exact) mass is 392 g/mol. The van der Waals surface area contributed by atoms with Crippen LogP contribution in [0.25, 0.3) is 0 Å². The molecule has 0 amide bonds. The van der Waals surface area contributed by atoms with Crippen LogP contribution in [0.2, 0.25) is 0 Å². The number of rotatable bonds is 5. The lowest BCUT2D eigenvalue weighted by molar-refractivity contribution is 0.0599. The molecule has 2 rings (SSSR count). The Kier molecular flexibility index (Phi) is 6.67. The van der Waals surface area contributed by atoms with Crippen LogP contribution in [0.15, 0.2) is 36.4 Å². The summed E-state index contributed by atoms with van der Waals surface area (Å²) in [5, 5.41) is 5.75. The molecule has 2 aromatic rings. The molecule has 2 aromatic carbocycles. The number of nitrogens with one attached hydrogen (secondary N) is 2. The van der Waals surface area contributed by atoms with Gasteiger partial charge in [-0.1, -0.05) is 0 Å². The minimum Gasteiger partial charge on any atom is -0.494 e. The lowest BCUT2D eigenvalue weighted by Crippen LogP contribution is -2.20. The number of halogens is 1. The number of ether oxygens (including phenoxy) is 3. The zero-order valence-corrected chi connectivity index (χ0v) is 15.6. The smallest absolute Gasteiger partial charge is 0.337 e. The van der Waals surface area contributed by atoms with Crippen LogP contribution in [0.5, 0.6) is 5.75 Å². The van der Waals surface area contributed by atoms with Gasteiger partial charge in [0.1, 0.15) is 0 Å². The third-order valence-electron chi connectivity index (χ3n) is 3.44. The molecular weight excluding hydrogens is 375 g/mol. The molecule has 0 aliphatic heterocycles. The Morgan fingerprint density at radius 3 is 1.93 bits per heavy atom. The maximum atomic E-state index is 13.8. The largest absolute Gasteiger partial charge is 0.494 e. The summed E-state index contributed by atoms with van der Waals surface area (Å²) < 4.78 is 28.0. The maximum Gasteiger partial charge on any atom is 0.337 e. The molecule has 7 nitrogen and oxygen atoms in total. The second-order valence-electron chi connectivity index (χ2n) is 5.21. The second kappa shape index (κ2) is 8.95. The molecule has 0 atom stereocenters. The van der Waals surface area contributed by atoms with Crippen LogP contribution in [0, 0.1) is 5.82 Å². The lowest BCUT2D eigenvalue weighted by atomic mass is 10.1. The Morgan fingerprint density at radius 1 is 0.889 bits per heavy atom. The first-order valence-electron chi connectivity index (χ1n) is 7.61. The van der Waals surface area contributed by atoms with Gasteiger partial charge in [-0.3, -0.25) is 0 Å². The lowest BCUT2D eigenvalue weighted by Gasteiger charge is -2.13. The Hall–Kier alpha value is -3.20. The first kappa shape index (κ1) is 20.1. The summed E-state index contributed by atoms with van der Waals surface area (Å²) in [7, 11) is 3.82. The quantitative estimate of drug-likeness (QED) is 0.593. The van der Waals surface area contributed by atoms with Gasteiger partial charge in [-0.25, -0.2) is 14.0 Å². The van der Waals surface area contributed by atoms with Gasteiger partial charge in [0.2, 0.25) is 0 Å². The van der Waals surface area contributed by atoms with Gasteiger partial charge in [-0.15, -0.1) is 0 Å². The molecule has 0 spiro atoms. The minimum atomic E-state index is -0.625. The van der Waals surface area contributed by atoms with E-state index < -0.39 is 17.8 Å². The molecule has 0 radical (unpaired) electrons. The van der Waals surface area contributed by atoms with Crippen molar-refractivity contribution >= 4 is 40.6 Å². The van der Waals surface area contributed by atoms with Crippen LogP contribution in [-0.4, -0.2) is 38.4 Å². The number of methoxy groups -OCH3 is 3. The van der Waals surface area contributed by atoms with E-state index >= 15 is 0 Å². The summed E-state index contributed by atoms with van der Waals surface area (Å²) in [5.41, 5.74) is 1.02. The molecular formula is C18H17FN2O5S. The molecule has 0 saturated carbocycles. The molecule has 0 bridgehead atoms. The van der Waals surface area contributed by atoms with Gasteiger partial charge < -0.3 is 24.8 Å². The summed E-state index contributed by atoms with van der Waals surface area (Å²) in [4.78, 5) is 23.6. The molecule has 0 fully saturated rings. The average Bonchev–Trinajstić information content (AvgIpc) is 2.66.